The van der Waals surface area contributed by atoms with Crippen LogP contribution in [0.25, 0.3) is 0 Å². The summed E-state index contributed by atoms with van der Waals surface area (Å²) in [6, 6.07) is 9.27. The van der Waals surface area contributed by atoms with Gasteiger partial charge in [0.25, 0.3) is 0 Å². The third-order valence-electron chi connectivity index (χ3n) is 3.68. The number of aromatic nitrogens is 2. The van der Waals surface area contributed by atoms with Gasteiger partial charge in [0.05, 0.1) is 0 Å². The summed E-state index contributed by atoms with van der Waals surface area (Å²) >= 11 is 1.44. The summed E-state index contributed by atoms with van der Waals surface area (Å²) in [5, 5.41) is 4.50. The van der Waals surface area contributed by atoms with E-state index in [1.54, 1.807) is 18.5 Å². The van der Waals surface area contributed by atoms with Crippen molar-refractivity contribution in [2.45, 2.75) is 28.4 Å². The van der Waals surface area contributed by atoms with Gasteiger partial charge in [-0.25, -0.2) is 9.97 Å². The standard InChI is InChI=1S/C16H18N4O2S.2ClH/c17-16(5-9-22-10-6-16)15(21)20-12-4-8-19-14(11-12)23-13-3-1-2-7-18-13;;/h1-4,7-8,11H,5-6,9-10,17H2,(H,19,20,21);2*1H. The van der Waals surface area contributed by atoms with Gasteiger partial charge in [-0.2, -0.15) is 0 Å². The van der Waals surface area contributed by atoms with Gasteiger partial charge in [-0.05, 0) is 37.1 Å². The van der Waals surface area contributed by atoms with Crippen LogP contribution < -0.4 is 11.1 Å². The van der Waals surface area contributed by atoms with E-state index in [1.165, 1.54) is 11.8 Å². The summed E-state index contributed by atoms with van der Waals surface area (Å²) in [7, 11) is 0. The third-order valence-corrected chi connectivity index (χ3v) is 4.56. The molecule has 1 aliphatic rings. The monoisotopic (exact) mass is 402 g/mol. The maximum atomic E-state index is 12.4. The van der Waals surface area contributed by atoms with Crippen molar-refractivity contribution >= 4 is 48.2 Å². The molecule has 3 N–H and O–H groups in total. The van der Waals surface area contributed by atoms with Crippen molar-refractivity contribution in [2.24, 2.45) is 5.73 Å². The molecule has 25 heavy (non-hydrogen) atoms. The van der Waals surface area contributed by atoms with E-state index in [-0.39, 0.29) is 30.7 Å². The average molecular weight is 403 g/mol. The number of nitrogens with zero attached hydrogens (tertiary/aromatic N) is 2. The molecule has 3 heterocycles. The topological polar surface area (TPSA) is 90.1 Å². The van der Waals surface area contributed by atoms with Crippen molar-refractivity contribution in [2.75, 3.05) is 18.5 Å². The zero-order valence-corrected chi connectivity index (χ0v) is 15.8. The lowest BCUT2D eigenvalue weighted by Crippen LogP contribution is -2.54. The fourth-order valence-corrected chi connectivity index (χ4v) is 3.05. The summed E-state index contributed by atoms with van der Waals surface area (Å²) in [5.41, 5.74) is 6.00. The molecule has 1 aliphatic heterocycles. The first-order chi connectivity index (χ1) is 11.2. The van der Waals surface area contributed by atoms with E-state index in [2.05, 4.69) is 15.3 Å². The molecular formula is C16H20Cl2N4O2S. The molecule has 1 saturated heterocycles. The molecule has 0 atom stereocenters. The number of halogens is 2. The van der Waals surface area contributed by atoms with E-state index in [1.807, 2.05) is 24.3 Å². The van der Waals surface area contributed by atoms with Crippen LogP contribution in [-0.4, -0.2) is 34.6 Å². The number of rotatable bonds is 4. The lowest BCUT2D eigenvalue weighted by molar-refractivity contribution is -0.124. The maximum absolute atomic E-state index is 12.4. The molecule has 6 nitrogen and oxygen atoms in total. The van der Waals surface area contributed by atoms with Gasteiger partial charge in [-0.1, -0.05) is 17.8 Å². The van der Waals surface area contributed by atoms with Crippen LogP contribution >= 0.6 is 36.6 Å². The molecule has 136 valence electrons. The highest BCUT2D eigenvalue weighted by atomic mass is 35.5. The van der Waals surface area contributed by atoms with E-state index in [4.69, 9.17) is 10.5 Å². The largest absolute Gasteiger partial charge is 0.381 e. The number of hydrogen-bond acceptors (Lipinski definition) is 6. The summed E-state index contributed by atoms with van der Waals surface area (Å²) < 4.78 is 5.27. The molecule has 0 aliphatic carbocycles. The van der Waals surface area contributed by atoms with Gasteiger partial charge in [0.15, 0.2) is 0 Å². The Morgan fingerprint density at radius 3 is 2.52 bits per heavy atom. The SMILES string of the molecule is Cl.Cl.NC1(C(=O)Nc2ccnc(Sc3ccccn3)c2)CCOCC1. The van der Waals surface area contributed by atoms with E-state index < -0.39 is 5.54 Å². The fourth-order valence-electron chi connectivity index (χ4n) is 2.28. The van der Waals surface area contributed by atoms with Crippen LogP contribution in [-0.2, 0) is 9.53 Å². The number of ether oxygens (including phenoxy) is 1. The highest BCUT2D eigenvalue weighted by Crippen LogP contribution is 2.26. The predicted octanol–water partition coefficient (Wildman–Crippen LogP) is 2.92. The molecular weight excluding hydrogens is 383 g/mol. The molecule has 2 aromatic rings. The molecule has 0 radical (unpaired) electrons. The number of amides is 1. The second kappa shape index (κ2) is 9.94. The minimum Gasteiger partial charge on any atom is -0.381 e. The zero-order chi connectivity index (χ0) is 16.1. The van der Waals surface area contributed by atoms with Crippen LogP contribution in [0.2, 0.25) is 0 Å². The van der Waals surface area contributed by atoms with Crippen LogP contribution in [0.3, 0.4) is 0 Å². The molecule has 0 aromatic carbocycles. The molecule has 9 heteroatoms. The molecule has 0 bridgehead atoms. The lowest BCUT2D eigenvalue weighted by Gasteiger charge is -2.31. The van der Waals surface area contributed by atoms with Crippen LogP contribution in [0.4, 0.5) is 5.69 Å². The summed E-state index contributed by atoms with van der Waals surface area (Å²) in [5.74, 6) is -0.180. The van der Waals surface area contributed by atoms with E-state index in [0.29, 0.717) is 31.7 Å². The Balaban J connectivity index is 0.00000156. The van der Waals surface area contributed by atoms with Gasteiger partial charge in [0.1, 0.15) is 15.6 Å². The molecule has 1 amide bonds. The molecule has 0 spiro atoms. The zero-order valence-electron chi connectivity index (χ0n) is 13.4. The third kappa shape index (κ3) is 5.83. The Kier molecular flexibility index (Phi) is 8.61. The first kappa shape index (κ1) is 21.7. The van der Waals surface area contributed by atoms with Gasteiger partial charge in [0, 0.05) is 31.3 Å². The van der Waals surface area contributed by atoms with Gasteiger partial charge in [-0.15, -0.1) is 24.8 Å². The van der Waals surface area contributed by atoms with Crippen LogP contribution in [0, 0.1) is 0 Å². The van der Waals surface area contributed by atoms with Gasteiger partial charge >= 0.3 is 0 Å². The number of nitrogens with two attached hydrogens (primary N) is 1. The maximum Gasteiger partial charge on any atom is 0.244 e. The lowest BCUT2D eigenvalue weighted by atomic mass is 9.90. The second-order valence-corrected chi connectivity index (χ2v) is 6.42. The van der Waals surface area contributed by atoms with Gasteiger partial charge < -0.3 is 15.8 Å². The molecule has 1 fully saturated rings. The summed E-state index contributed by atoms with van der Waals surface area (Å²) in [4.78, 5) is 21.0. The molecule has 0 unspecified atom stereocenters. The Morgan fingerprint density at radius 1 is 1.12 bits per heavy atom. The smallest absolute Gasteiger partial charge is 0.244 e. The average Bonchev–Trinajstić information content (AvgIpc) is 2.57. The van der Waals surface area contributed by atoms with Crippen molar-refractivity contribution in [3.8, 4) is 0 Å². The summed E-state index contributed by atoms with van der Waals surface area (Å²) in [6.07, 6.45) is 4.45. The first-order valence-corrected chi connectivity index (χ1v) is 8.20. The second-order valence-electron chi connectivity index (χ2n) is 5.38. The van der Waals surface area contributed by atoms with Crippen molar-refractivity contribution in [3.05, 3.63) is 42.7 Å². The Bertz CT molecular complexity index is 685. The van der Waals surface area contributed by atoms with E-state index >= 15 is 0 Å². The number of pyridine rings is 2. The highest BCUT2D eigenvalue weighted by molar-refractivity contribution is 7.99. The van der Waals surface area contributed by atoms with Crippen molar-refractivity contribution in [1.82, 2.24) is 9.97 Å². The van der Waals surface area contributed by atoms with Crippen molar-refractivity contribution < 1.29 is 9.53 Å². The first-order valence-electron chi connectivity index (χ1n) is 7.39. The number of carbonyl (C=O) groups is 1. The Hall–Kier alpha value is -1.38. The number of anilines is 1. The Morgan fingerprint density at radius 2 is 1.84 bits per heavy atom. The number of hydrogen-bond donors (Lipinski definition) is 2. The highest BCUT2D eigenvalue weighted by Gasteiger charge is 2.35. The van der Waals surface area contributed by atoms with Gasteiger partial charge in [-0.3, -0.25) is 4.79 Å². The summed E-state index contributed by atoms with van der Waals surface area (Å²) in [6.45, 7) is 1.03. The van der Waals surface area contributed by atoms with Crippen LogP contribution in [0.15, 0.2) is 52.8 Å². The Labute approximate surface area is 163 Å². The van der Waals surface area contributed by atoms with Gasteiger partial charge in [0.2, 0.25) is 5.91 Å². The van der Waals surface area contributed by atoms with E-state index in [0.717, 1.165) is 10.1 Å². The number of carbonyl (C=O) groups excluding carboxylic acids is 1. The molecule has 0 saturated carbocycles. The quantitative estimate of drug-likeness (QED) is 0.816. The predicted molar refractivity (Wildman–Crippen MR) is 103 cm³/mol. The number of nitrogens with one attached hydrogen (secondary N) is 1. The van der Waals surface area contributed by atoms with E-state index in [9.17, 15) is 4.79 Å². The van der Waals surface area contributed by atoms with Crippen LogP contribution in [0.1, 0.15) is 12.8 Å². The minimum absolute atomic E-state index is 0. The van der Waals surface area contributed by atoms with Crippen molar-refractivity contribution in [1.29, 1.82) is 0 Å². The van der Waals surface area contributed by atoms with Crippen molar-refractivity contribution in [3.63, 3.8) is 0 Å². The van der Waals surface area contributed by atoms with Crippen LogP contribution in [0.5, 0.6) is 0 Å². The molecule has 2 aromatic heterocycles. The normalized spacial score (nSPS) is 15.4. The minimum atomic E-state index is -0.865. The molecule has 3 rings (SSSR count). The fraction of sp³-hybridized carbons (Fsp3) is 0.312.